The quantitative estimate of drug-likeness (QED) is 0.0617. The Balaban J connectivity index is 1.16. The number of carbonyl (C=O) groups is 2. The molecule has 2 bridgehead atoms. The second-order valence-electron chi connectivity index (χ2n) is 15.9. The SMILES string of the molecule is O=C(O[C@H]1CN2CCC1CC2)C(Nc1cccc(S(=O)(=O)N2CCS[C@]2(C(=O)O)[C@@H](Cc2c(Cl)c[n+]([O-])cc2Cl)c2ccc(OC(F)F)c(OCC3CC3)c2)c1)c1ccccc1. The maximum absolute atomic E-state index is 15.0. The number of nitrogens with one attached hydrogen (secondary N) is 1. The number of nitrogens with zero attached hydrogens (tertiary/aromatic N) is 3. The molecule has 4 saturated heterocycles. The van der Waals surface area contributed by atoms with Gasteiger partial charge in [0, 0.05) is 36.0 Å². The lowest BCUT2D eigenvalue weighted by Crippen LogP contribution is -2.55. The van der Waals surface area contributed by atoms with Crippen LogP contribution in [0.25, 0.3) is 0 Å². The third kappa shape index (κ3) is 9.29. The fourth-order valence-electron chi connectivity index (χ4n) is 8.59. The number of halogens is 4. The molecule has 62 heavy (non-hydrogen) atoms. The molecule has 0 spiro atoms. The summed E-state index contributed by atoms with van der Waals surface area (Å²) in [5.74, 6) is -3.20. The van der Waals surface area contributed by atoms with Crippen LogP contribution in [0.15, 0.2) is 90.1 Å². The molecule has 5 fully saturated rings. The average molecular weight is 934 g/mol. The first-order valence-electron chi connectivity index (χ1n) is 20.3. The maximum atomic E-state index is 15.0. The van der Waals surface area contributed by atoms with Crippen molar-refractivity contribution in [2.45, 2.75) is 66.5 Å². The van der Waals surface area contributed by atoms with Crippen molar-refractivity contribution < 1.29 is 50.8 Å². The zero-order chi connectivity index (χ0) is 43.8. The minimum Gasteiger partial charge on any atom is -0.619 e. The molecule has 5 heterocycles. The van der Waals surface area contributed by atoms with Crippen LogP contribution in [0, 0.1) is 17.0 Å². The summed E-state index contributed by atoms with van der Waals surface area (Å²) >= 11 is 14.0. The van der Waals surface area contributed by atoms with E-state index in [9.17, 15) is 28.7 Å². The second kappa shape index (κ2) is 18.4. The molecule has 0 radical (unpaired) electrons. The number of aromatic nitrogens is 1. The Morgan fingerprint density at radius 1 is 0.952 bits per heavy atom. The lowest BCUT2D eigenvalue weighted by atomic mass is 9.85. The Kier molecular flexibility index (Phi) is 13.1. The van der Waals surface area contributed by atoms with E-state index in [4.69, 9.17) is 37.4 Å². The molecular weight excluding hydrogens is 890 g/mol. The van der Waals surface area contributed by atoms with Crippen LogP contribution in [0.4, 0.5) is 14.5 Å². The van der Waals surface area contributed by atoms with Crippen molar-refractivity contribution in [1.29, 1.82) is 0 Å². The van der Waals surface area contributed by atoms with Gasteiger partial charge in [-0.1, -0.05) is 65.7 Å². The van der Waals surface area contributed by atoms with Gasteiger partial charge >= 0.3 is 18.6 Å². The Hall–Kier alpha value is -4.39. The number of alkyl halides is 2. The molecule has 19 heteroatoms. The average Bonchev–Trinajstić information content (AvgIpc) is 3.97. The number of sulfonamides is 1. The summed E-state index contributed by atoms with van der Waals surface area (Å²) in [5.41, 5.74) is 1.22. The lowest BCUT2D eigenvalue weighted by Gasteiger charge is -2.44. The highest BCUT2D eigenvalue weighted by Crippen LogP contribution is 2.52. The van der Waals surface area contributed by atoms with Crippen molar-refractivity contribution in [1.82, 2.24) is 9.21 Å². The van der Waals surface area contributed by atoms with Crippen molar-refractivity contribution in [2.75, 3.05) is 43.9 Å². The highest BCUT2D eigenvalue weighted by Gasteiger charge is 2.60. The third-order valence-electron chi connectivity index (χ3n) is 12.0. The molecule has 9 rings (SSSR count). The van der Waals surface area contributed by atoms with Gasteiger partial charge in [-0.2, -0.15) is 17.8 Å². The lowest BCUT2D eigenvalue weighted by molar-refractivity contribution is -0.605. The van der Waals surface area contributed by atoms with Crippen LogP contribution in [0.1, 0.15) is 54.3 Å². The molecule has 5 aliphatic rings. The van der Waals surface area contributed by atoms with Crippen molar-refractivity contribution in [2.24, 2.45) is 11.8 Å². The van der Waals surface area contributed by atoms with E-state index >= 15 is 8.42 Å². The zero-order valence-corrected chi connectivity index (χ0v) is 36.4. The van der Waals surface area contributed by atoms with Gasteiger partial charge in [0.2, 0.25) is 10.0 Å². The number of carboxylic acids is 1. The monoisotopic (exact) mass is 932 g/mol. The van der Waals surface area contributed by atoms with Gasteiger partial charge < -0.3 is 29.8 Å². The molecule has 4 aromatic rings. The molecule has 2 N–H and O–H groups in total. The van der Waals surface area contributed by atoms with E-state index < -0.39 is 45.4 Å². The molecule has 4 atom stereocenters. The van der Waals surface area contributed by atoms with E-state index in [0.29, 0.717) is 16.8 Å². The van der Waals surface area contributed by atoms with E-state index in [-0.39, 0.29) is 86.5 Å². The largest absolute Gasteiger partial charge is 0.619 e. The molecule has 1 aromatic heterocycles. The number of aliphatic carboxylic acids is 1. The Morgan fingerprint density at radius 2 is 1.68 bits per heavy atom. The summed E-state index contributed by atoms with van der Waals surface area (Å²) < 4.78 is 75.3. The van der Waals surface area contributed by atoms with Gasteiger partial charge in [0.1, 0.15) is 16.1 Å². The number of carbonyl (C=O) groups excluding carboxylic acids is 1. The molecule has 3 aromatic carbocycles. The first-order chi connectivity index (χ1) is 29.7. The number of fused-ring (bicyclic) bond motifs is 3. The van der Waals surface area contributed by atoms with E-state index in [1.165, 1.54) is 36.4 Å². The summed E-state index contributed by atoms with van der Waals surface area (Å²) in [6.07, 6.45) is 5.16. The van der Waals surface area contributed by atoms with E-state index in [0.717, 1.165) is 67.2 Å². The van der Waals surface area contributed by atoms with Crippen molar-refractivity contribution in [3.05, 3.63) is 117 Å². The van der Waals surface area contributed by atoms with Crippen LogP contribution in [-0.4, -0.2) is 90.8 Å². The van der Waals surface area contributed by atoms with Gasteiger partial charge in [0.15, 0.2) is 34.8 Å². The number of rotatable bonds is 17. The smallest absolute Gasteiger partial charge is 0.387 e. The molecule has 1 saturated carbocycles. The van der Waals surface area contributed by atoms with Gasteiger partial charge in [-0.25, -0.2) is 18.0 Å². The number of esters is 1. The van der Waals surface area contributed by atoms with Crippen LogP contribution >= 0.6 is 35.0 Å². The van der Waals surface area contributed by atoms with E-state index in [2.05, 4.69) is 10.2 Å². The van der Waals surface area contributed by atoms with Gasteiger partial charge in [0.05, 0.1) is 11.5 Å². The van der Waals surface area contributed by atoms with Crippen LogP contribution in [0.3, 0.4) is 0 Å². The van der Waals surface area contributed by atoms with Crippen molar-refractivity contribution in [3.63, 3.8) is 0 Å². The van der Waals surface area contributed by atoms with Gasteiger partial charge in [0.25, 0.3) is 0 Å². The Morgan fingerprint density at radius 3 is 2.32 bits per heavy atom. The van der Waals surface area contributed by atoms with Gasteiger partial charge in [-0.05, 0) is 98.5 Å². The fourth-order valence-corrected chi connectivity index (χ4v) is 12.8. The molecule has 1 aliphatic carbocycles. The highest BCUT2D eigenvalue weighted by atomic mass is 35.5. The normalized spacial score (nSPS) is 23.5. The molecule has 4 aliphatic heterocycles. The van der Waals surface area contributed by atoms with Gasteiger partial charge in [-0.15, -0.1) is 11.8 Å². The van der Waals surface area contributed by atoms with Crippen molar-refractivity contribution >= 4 is 62.6 Å². The van der Waals surface area contributed by atoms with Crippen LogP contribution < -0.4 is 19.5 Å². The summed E-state index contributed by atoms with van der Waals surface area (Å²) in [5, 5.41) is 26.6. The highest BCUT2D eigenvalue weighted by molar-refractivity contribution is 8.02. The molecule has 1 unspecified atom stereocenters. The first kappa shape index (κ1) is 44.2. The van der Waals surface area contributed by atoms with Crippen molar-refractivity contribution in [3.8, 4) is 11.5 Å². The zero-order valence-electron chi connectivity index (χ0n) is 33.2. The second-order valence-corrected chi connectivity index (χ2v) is 19.9. The van der Waals surface area contributed by atoms with E-state index in [1.807, 2.05) is 6.07 Å². The summed E-state index contributed by atoms with van der Waals surface area (Å²) in [6.45, 7) is -0.655. The van der Waals surface area contributed by atoms with Crippen LogP contribution in [0.5, 0.6) is 11.5 Å². The molecular formula is C43H44Cl2F2N4O9S2. The number of anilines is 1. The number of carboxylic acid groups (broad SMARTS) is 1. The van der Waals surface area contributed by atoms with Crippen LogP contribution in [0.2, 0.25) is 10.0 Å². The molecule has 13 nitrogen and oxygen atoms in total. The number of hydrogen-bond acceptors (Lipinski definition) is 11. The number of ether oxygens (including phenoxy) is 3. The minimum absolute atomic E-state index is 0.0515. The summed E-state index contributed by atoms with van der Waals surface area (Å²) in [6, 6.07) is 17.7. The van der Waals surface area contributed by atoms with Gasteiger partial charge in [-0.3, -0.25) is 4.90 Å². The molecule has 330 valence electrons. The predicted octanol–water partition coefficient (Wildman–Crippen LogP) is 7.35. The minimum atomic E-state index is -4.69. The number of hydrogen-bond donors (Lipinski definition) is 2. The maximum Gasteiger partial charge on any atom is 0.387 e. The number of piperidine rings is 3. The van der Waals surface area contributed by atoms with E-state index in [1.54, 1.807) is 30.3 Å². The predicted molar refractivity (Wildman–Crippen MR) is 228 cm³/mol. The third-order valence-corrected chi connectivity index (χ3v) is 16.1. The Bertz CT molecular complexity index is 2390. The standard InChI is InChI=1S/C43H44Cl2F2N4O9S2/c44-34-22-50(55)23-35(45)32(34)21-33(29-11-12-36(60-42(46)47)37(19-29)58-25-26-9-10-26)43(41(53)54)51(17-18-61-43)62(56,57)31-8-4-7-30(20-31)48-39(28-5-2-1-3-6-28)40(52)59-38-24-49-15-13-27(38)14-16-49/h1-8,11-12,19-20,22-23,26-27,33,38-39,42,48H,9-10,13-18,21,24-25H2,(H,53,54)/t33-,38-,39?,43-/m0/s1. The summed E-state index contributed by atoms with van der Waals surface area (Å²) in [4.78, 5) is 27.6. The fraction of sp³-hybridized carbons (Fsp3) is 0.419. The number of thioether (sulfide) groups is 1. The first-order valence-corrected chi connectivity index (χ1v) is 23.4. The topological polar surface area (TPSA) is 162 Å². The van der Waals surface area contributed by atoms with Crippen LogP contribution in [-0.2, 0) is 30.8 Å². The number of pyridine rings is 1. The summed E-state index contributed by atoms with van der Waals surface area (Å²) in [7, 11) is -4.69. The number of benzene rings is 3. The molecule has 0 amide bonds. The Labute approximate surface area is 371 Å².